The van der Waals surface area contributed by atoms with Gasteiger partial charge in [0.15, 0.2) is 16.4 Å². The minimum atomic E-state index is -2.99. The summed E-state index contributed by atoms with van der Waals surface area (Å²) < 4.78 is 30.3. The Bertz CT molecular complexity index is 730. The van der Waals surface area contributed by atoms with Gasteiger partial charge >= 0.3 is 5.97 Å². The molecular formula is C16H23NO5S. The van der Waals surface area contributed by atoms with Gasteiger partial charge in [-0.3, -0.25) is 9.59 Å². The van der Waals surface area contributed by atoms with Crippen LogP contribution < -0.4 is 0 Å². The number of aryl methyl sites for hydroxylation is 1. The summed E-state index contributed by atoms with van der Waals surface area (Å²) in [5.41, 5.74) is 2.07. The number of esters is 1. The van der Waals surface area contributed by atoms with Crippen LogP contribution in [0.1, 0.15) is 48.1 Å². The third kappa shape index (κ3) is 3.83. The van der Waals surface area contributed by atoms with E-state index in [0.717, 1.165) is 11.4 Å². The van der Waals surface area contributed by atoms with Crippen molar-refractivity contribution in [2.45, 2.75) is 40.2 Å². The number of sulfone groups is 1. The molecule has 1 saturated heterocycles. The van der Waals surface area contributed by atoms with Gasteiger partial charge in [0.05, 0.1) is 17.4 Å². The van der Waals surface area contributed by atoms with Crippen molar-refractivity contribution in [3.05, 3.63) is 23.0 Å². The highest BCUT2D eigenvalue weighted by molar-refractivity contribution is 7.91. The number of hydrogen-bond donors (Lipinski definition) is 0. The molecule has 1 aromatic heterocycles. The van der Waals surface area contributed by atoms with Crippen LogP contribution >= 0.6 is 0 Å². The fraction of sp³-hybridized carbons (Fsp3) is 0.625. The van der Waals surface area contributed by atoms with Gasteiger partial charge in [-0.05, 0) is 26.3 Å². The molecule has 2 heterocycles. The van der Waals surface area contributed by atoms with E-state index in [1.54, 1.807) is 26.8 Å². The summed E-state index contributed by atoms with van der Waals surface area (Å²) in [6, 6.07) is 1.62. The predicted molar refractivity (Wildman–Crippen MR) is 86.3 cm³/mol. The molecule has 0 amide bonds. The van der Waals surface area contributed by atoms with E-state index < -0.39 is 15.8 Å². The van der Waals surface area contributed by atoms with E-state index >= 15 is 0 Å². The van der Waals surface area contributed by atoms with Gasteiger partial charge in [-0.25, -0.2) is 8.42 Å². The third-order valence-corrected chi connectivity index (χ3v) is 5.93. The van der Waals surface area contributed by atoms with Crippen LogP contribution in [0.4, 0.5) is 0 Å². The van der Waals surface area contributed by atoms with Gasteiger partial charge in [0.25, 0.3) is 0 Å². The minimum Gasteiger partial charge on any atom is -0.457 e. The minimum absolute atomic E-state index is 0.110. The fourth-order valence-corrected chi connectivity index (χ4v) is 4.68. The lowest BCUT2D eigenvalue weighted by Crippen LogP contribution is -2.19. The van der Waals surface area contributed by atoms with Crippen LogP contribution in [-0.4, -0.2) is 42.9 Å². The number of nitrogens with zero attached hydrogens (tertiary/aromatic N) is 1. The normalized spacial score (nSPS) is 20.0. The predicted octanol–water partition coefficient (Wildman–Crippen LogP) is 1.85. The van der Waals surface area contributed by atoms with Gasteiger partial charge < -0.3 is 9.30 Å². The van der Waals surface area contributed by atoms with Crippen molar-refractivity contribution in [3.63, 3.8) is 0 Å². The molecular weight excluding hydrogens is 318 g/mol. The molecule has 128 valence electrons. The fourth-order valence-electron chi connectivity index (χ4n) is 2.98. The summed E-state index contributed by atoms with van der Waals surface area (Å²) in [7, 11) is -2.99. The van der Waals surface area contributed by atoms with Gasteiger partial charge in [0.2, 0.25) is 5.78 Å². The van der Waals surface area contributed by atoms with E-state index in [9.17, 15) is 18.0 Å². The molecule has 0 radical (unpaired) electrons. The molecule has 1 fully saturated rings. The van der Waals surface area contributed by atoms with Gasteiger partial charge in [-0.1, -0.05) is 13.8 Å². The van der Waals surface area contributed by atoms with E-state index in [4.69, 9.17) is 4.74 Å². The Hall–Kier alpha value is -1.63. The Balaban J connectivity index is 2.17. The largest absolute Gasteiger partial charge is 0.457 e. The summed E-state index contributed by atoms with van der Waals surface area (Å²) in [6.45, 7) is 6.78. The van der Waals surface area contributed by atoms with Crippen LogP contribution in [0.5, 0.6) is 0 Å². The summed E-state index contributed by atoms with van der Waals surface area (Å²) in [6.07, 6.45) is 0.564. The second-order valence-corrected chi connectivity index (χ2v) is 8.63. The number of carbonyl (C=O) groups excluding carboxylic acids is 2. The highest BCUT2D eigenvalue weighted by atomic mass is 32.2. The lowest BCUT2D eigenvalue weighted by Gasteiger charge is -2.16. The van der Waals surface area contributed by atoms with Crippen LogP contribution in [0.15, 0.2) is 6.07 Å². The molecule has 23 heavy (non-hydrogen) atoms. The third-order valence-electron chi connectivity index (χ3n) is 4.18. The zero-order valence-corrected chi connectivity index (χ0v) is 14.8. The van der Waals surface area contributed by atoms with Crippen molar-refractivity contribution >= 4 is 21.6 Å². The molecule has 1 aliphatic rings. The summed E-state index contributed by atoms with van der Waals surface area (Å²) in [4.78, 5) is 23.8. The molecule has 0 spiro atoms. The Labute approximate surface area is 136 Å². The average molecular weight is 341 g/mol. The van der Waals surface area contributed by atoms with E-state index in [1.807, 2.05) is 11.5 Å². The zero-order valence-electron chi connectivity index (χ0n) is 14.0. The first-order valence-corrected chi connectivity index (χ1v) is 9.53. The molecule has 7 heteroatoms. The number of carbonyl (C=O) groups is 2. The lowest BCUT2D eigenvalue weighted by atomic mass is 10.1. The Morgan fingerprint density at radius 1 is 1.35 bits per heavy atom. The number of rotatable bonds is 5. The van der Waals surface area contributed by atoms with E-state index in [0.29, 0.717) is 12.0 Å². The number of aromatic nitrogens is 1. The monoisotopic (exact) mass is 341 g/mol. The number of ether oxygens (including phenoxy) is 1. The van der Waals surface area contributed by atoms with E-state index in [-0.39, 0.29) is 35.9 Å². The Morgan fingerprint density at radius 2 is 2.00 bits per heavy atom. The van der Waals surface area contributed by atoms with E-state index in [2.05, 4.69) is 0 Å². The van der Waals surface area contributed by atoms with Crippen LogP contribution in [0, 0.1) is 19.8 Å². The molecule has 0 saturated carbocycles. The van der Waals surface area contributed by atoms with Crippen LogP contribution in [0.25, 0.3) is 0 Å². The topological polar surface area (TPSA) is 82.4 Å². The van der Waals surface area contributed by atoms with Gasteiger partial charge in [0.1, 0.15) is 0 Å². The Kier molecular flexibility index (Phi) is 4.98. The highest BCUT2D eigenvalue weighted by Crippen LogP contribution is 2.29. The van der Waals surface area contributed by atoms with E-state index in [1.165, 1.54) is 0 Å². The zero-order chi connectivity index (χ0) is 17.4. The Morgan fingerprint density at radius 3 is 2.52 bits per heavy atom. The molecule has 1 aliphatic heterocycles. The highest BCUT2D eigenvalue weighted by Gasteiger charge is 2.31. The molecule has 0 N–H and O–H groups in total. The van der Waals surface area contributed by atoms with Crippen molar-refractivity contribution in [1.82, 2.24) is 4.57 Å². The van der Waals surface area contributed by atoms with Crippen LogP contribution in [0.3, 0.4) is 0 Å². The maximum Gasteiger partial charge on any atom is 0.308 e. The van der Waals surface area contributed by atoms with Crippen molar-refractivity contribution in [2.75, 3.05) is 18.1 Å². The molecule has 0 bridgehead atoms. The summed E-state index contributed by atoms with van der Waals surface area (Å²) in [5, 5.41) is 0. The molecule has 0 aliphatic carbocycles. The van der Waals surface area contributed by atoms with Crippen molar-refractivity contribution in [3.8, 4) is 0 Å². The van der Waals surface area contributed by atoms with Crippen molar-refractivity contribution < 1.29 is 22.7 Å². The summed E-state index contributed by atoms with van der Waals surface area (Å²) in [5.74, 6) is -0.657. The number of Topliss-reactive ketones (excluding diaryl/α,β-unsaturated/α-hetero) is 1. The maximum atomic E-state index is 12.3. The molecule has 0 aromatic carbocycles. The maximum absolute atomic E-state index is 12.3. The van der Waals surface area contributed by atoms with Crippen LogP contribution in [-0.2, 0) is 19.4 Å². The second-order valence-electron chi connectivity index (χ2n) is 6.40. The average Bonchev–Trinajstić information content (AvgIpc) is 2.95. The first-order chi connectivity index (χ1) is 10.6. The molecule has 2 rings (SSSR count). The molecule has 1 aromatic rings. The number of hydrogen-bond acceptors (Lipinski definition) is 5. The molecule has 1 unspecified atom stereocenters. The first-order valence-electron chi connectivity index (χ1n) is 7.71. The van der Waals surface area contributed by atoms with Crippen molar-refractivity contribution in [1.29, 1.82) is 0 Å². The molecule has 6 nitrogen and oxygen atoms in total. The van der Waals surface area contributed by atoms with Gasteiger partial charge in [-0.15, -0.1) is 0 Å². The van der Waals surface area contributed by atoms with Crippen LogP contribution in [0.2, 0.25) is 0 Å². The second kappa shape index (κ2) is 6.47. The van der Waals surface area contributed by atoms with Gasteiger partial charge in [-0.2, -0.15) is 0 Å². The standard InChI is InChI=1S/C16H23NO5S/c1-10(2)16(19)22-8-15(18)14-7-11(3)17(12(14)4)13-5-6-23(20,21)9-13/h7,10,13H,5-6,8-9H2,1-4H3. The smallest absolute Gasteiger partial charge is 0.308 e. The lowest BCUT2D eigenvalue weighted by molar-refractivity contribution is -0.146. The number of ketones is 1. The quantitative estimate of drug-likeness (QED) is 0.603. The van der Waals surface area contributed by atoms with Crippen molar-refractivity contribution in [2.24, 2.45) is 5.92 Å². The van der Waals surface area contributed by atoms with Gasteiger partial charge in [0, 0.05) is 23.0 Å². The molecule has 1 atom stereocenters. The summed E-state index contributed by atoms with van der Waals surface area (Å²) >= 11 is 0. The first kappa shape index (κ1) is 17.7. The SMILES string of the molecule is Cc1cc(C(=O)COC(=O)C(C)C)c(C)n1C1CCS(=O)(=O)C1.